The van der Waals surface area contributed by atoms with Crippen LogP contribution >= 0.6 is 11.8 Å². The molecule has 0 aliphatic carbocycles. The van der Waals surface area contributed by atoms with E-state index in [1.165, 1.54) is 23.9 Å². The molecule has 0 saturated carbocycles. The van der Waals surface area contributed by atoms with Gasteiger partial charge >= 0.3 is 0 Å². The molecule has 3 heterocycles. The molecule has 0 radical (unpaired) electrons. The molecule has 114 valence electrons. The van der Waals surface area contributed by atoms with E-state index in [1.54, 1.807) is 24.5 Å². The average molecular weight is 326 g/mol. The van der Waals surface area contributed by atoms with Gasteiger partial charge in [0, 0.05) is 30.1 Å². The molecular weight excluding hydrogens is 316 g/mol. The lowest BCUT2D eigenvalue weighted by molar-refractivity contribution is -0.384. The number of aromatic nitrogens is 4. The zero-order valence-electron chi connectivity index (χ0n) is 11.7. The molecule has 0 bridgehead atoms. The Balaban J connectivity index is 1.61. The van der Waals surface area contributed by atoms with Gasteiger partial charge in [-0.1, -0.05) is 11.8 Å². The van der Waals surface area contributed by atoms with Crippen molar-refractivity contribution in [1.82, 2.24) is 19.9 Å². The molecule has 0 spiro atoms. The van der Waals surface area contributed by atoms with Crippen molar-refractivity contribution in [3.8, 4) is 11.4 Å². The van der Waals surface area contributed by atoms with Crippen LogP contribution < -0.4 is 5.43 Å². The maximum atomic E-state index is 10.7. The standard InChI is InChI=1S/C14H10N6O2S/c21-20(22)11-5-3-9(4-6-11)13-18-19-12(16-17-14(19)23-13)10-2-1-7-15-8-10/h1-8,13,18H/t13-/m0/s1. The van der Waals surface area contributed by atoms with E-state index in [9.17, 15) is 10.1 Å². The number of hydrogen-bond acceptors (Lipinski definition) is 7. The number of nitrogens with zero attached hydrogens (tertiary/aromatic N) is 5. The minimum absolute atomic E-state index is 0.0725. The predicted molar refractivity (Wildman–Crippen MR) is 84.3 cm³/mol. The third-order valence-electron chi connectivity index (χ3n) is 3.43. The van der Waals surface area contributed by atoms with Gasteiger partial charge in [-0.05, 0) is 29.8 Å². The van der Waals surface area contributed by atoms with Gasteiger partial charge in [-0.3, -0.25) is 15.1 Å². The van der Waals surface area contributed by atoms with Crippen molar-refractivity contribution in [3.05, 3.63) is 64.5 Å². The van der Waals surface area contributed by atoms with Crippen molar-refractivity contribution in [2.75, 3.05) is 5.43 Å². The van der Waals surface area contributed by atoms with Crippen LogP contribution in [0.2, 0.25) is 0 Å². The number of fused-ring (bicyclic) bond motifs is 1. The summed E-state index contributed by atoms with van der Waals surface area (Å²) in [5, 5.41) is 19.7. The number of rotatable bonds is 3. The van der Waals surface area contributed by atoms with E-state index >= 15 is 0 Å². The van der Waals surface area contributed by atoms with E-state index in [-0.39, 0.29) is 11.1 Å². The summed E-state index contributed by atoms with van der Waals surface area (Å²) in [6, 6.07) is 10.2. The van der Waals surface area contributed by atoms with E-state index in [1.807, 2.05) is 16.8 Å². The Morgan fingerprint density at radius 3 is 2.74 bits per heavy atom. The van der Waals surface area contributed by atoms with Crippen molar-refractivity contribution in [1.29, 1.82) is 0 Å². The van der Waals surface area contributed by atoms with Crippen molar-refractivity contribution < 1.29 is 4.92 Å². The van der Waals surface area contributed by atoms with Crippen molar-refractivity contribution in [3.63, 3.8) is 0 Å². The Bertz CT molecular complexity index is 865. The number of benzene rings is 1. The molecule has 2 aromatic heterocycles. The summed E-state index contributed by atoms with van der Waals surface area (Å²) in [4.78, 5) is 14.4. The summed E-state index contributed by atoms with van der Waals surface area (Å²) in [7, 11) is 0. The lowest BCUT2D eigenvalue weighted by Gasteiger charge is -2.11. The lowest BCUT2D eigenvalue weighted by atomic mass is 10.2. The molecule has 0 fully saturated rings. The fourth-order valence-electron chi connectivity index (χ4n) is 2.31. The van der Waals surface area contributed by atoms with Gasteiger partial charge in [0.25, 0.3) is 5.69 Å². The Kier molecular flexibility index (Phi) is 3.19. The van der Waals surface area contributed by atoms with E-state index in [0.29, 0.717) is 5.82 Å². The molecule has 0 saturated heterocycles. The first-order valence-electron chi connectivity index (χ1n) is 6.76. The Hall–Kier alpha value is -2.94. The first kappa shape index (κ1) is 13.7. The predicted octanol–water partition coefficient (Wildman–Crippen LogP) is 2.60. The van der Waals surface area contributed by atoms with E-state index < -0.39 is 4.92 Å². The fraction of sp³-hybridized carbons (Fsp3) is 0.0714. The van der Waals surface area contributed by atoms with Crippen LogP contribution in [-0.4, -0.2) is 24.8 Å². The van der Waals surface area contributed by atoms with Gasteiger partial charge in [-0.2, -0.15) is 0 Å². The Morgan fingerprint density at radius 1 is 1.22 bits per heavy atom. The molecule has 3 aromatic rings. The summed E-state index contributed by atoms with van der Waals surface area (Å²) in [5.74, 6) is 0.685. The first-order valence-corrected chi connectivity index (χ1v) is 7.64. The highest BCUT2D eigenvalue weighted by atomic mass is 32.2. The zero-order chi connectivity index (χ0) is 15.8. The second-order valence-electron chi connectivity index (χ2n) is 4.86. The second-order valence-corrected chi connectivity index (χ2v) is 5.93. The van der Waals surface area contributed by atoms with Gasteiger partial charge in [0.1, 0.15) is 5.37 Å². The average Bonchev–Trinajstić information content (AvgIpc) is 3.16. The van der Waals surface area contributed by atoms with Crippen molar-refractivity contribution >= 4 is 17.4 Å². The van der Waals surface area contributed by atoms with Crippen LogP contribution in [0.25, 0.3) is 11.4 Å². The summed E-state index contributed by atoms with van der Waals surface area (Å²) in [6.45, 7) is 0. The highest BCUT2D eigenvalue weighted by Crippen LogP contribution is 2.40. The number of thioether (sulfide) groups is 1. The molecule has 1 aromatic carbocycles. The number of nitrogens with one attached hydrogen (secondary N) is 1. The molecule has 1 N–H and O–H groups in total. The quantitative estimate of drug-likeness (QED) is 0.583. The maximum Gasteiger partial charge on any atom is 0.269 e. The summed E-state index contributed by atoms with van der Waals surface area (Å²) in [5.41, 5.74) is 5.18. The van der Waals surface area contributed by atoms with Crippen molar-refractivity contribution in [2.24, 2.45) is 0 Å². The van der Waals surface area contributed by atoms with Gasteiger partial charge in [0.05, 0.1) is 4.92 Å². The molecule has 4 rings (SSSR count). The highest BCUT2D eigenvalue weighted by molar-refractivity contribution is 7.99. The molecule has 1 atom stereocenters. The van der Waals surface area contributed by atoms with Gasteiger partial charge in [-0.15, -0.1) is 10.2 Å². The molecule has 9 heteroatoms. The fourth-order valence-corrected chi connectivity index (χ4v) is 3.30. The molecule has 1 aliphatic heterocycles. The van der Waals surface area contributed by atoms with Gasteiger partial charge < -0.3 is 5.43 Å². The number of hydrogen-bond donors (Lipinski definition) is 1. The molecule has 1 aliphatic rings. The number of pyridine rings is 1. The highest BCUT2D eigenvalue weighted by Gasteiger charge is 2.28. The number of nitro benzene ring substituents is 1. The van der Waals surface area contributed by atoms with E-state index in [2.05, 4.69) is 20.6 Å². The van der Waals surface area contributed by atoms with Crippen LogP contribution in [-0.2, 0) is 0 Å². The molecular formula is C14H10N6O2S. The first-order chi connectivity index (χ1) is 11.2. The minimum Gasteiger partial charge on any atom is -0.304 e. The Morgan fingerprint density at radius 2 is 2.04 bits per heavy atom. The second kappa shape index (κ2) is 5.36. The monoisotopic (exact) mass is 326 g/mol. The maximum absolute atomic E-state index is 10.7. The largest absolute Gasteiger partial charge is 0.304 e. The van der Waals surface area contributed by atoms with E-state index in [0.717, 1.165) is 16.3 Å². The number of nitro groups is 1. The Labute approximate surface area is 134 Å². The normalized spacial score (nSPS) is 15.9. The van der Waals surface area contributed by atoms with Gasteiger partial charge in [0.2, 0.25) is 5.16 Å². The SMILES string of the molecule is O=[N+]([O-])c1ccc([C@H]2Nn3c(nnc3-c3cccnc3)S2)cc1. The van der Waals surface area contributed by atoms with Crippen LogP contribution in [0.5, 0.6) is 0 Å². The third-order valence-corrected chi connectivity index (χ3v) is 4.52. The van der Waals surface area contributed by atoms with Gasteiger partial charge in [-0.25, -0.2) is 4.68 Å². The molecule has 0 unspecified atom stereocenters. The summed E-state index contributed by atoms with van der Waals surface area (Å²) < 4.78 is 1.81. The van der Waals surface area contributed by atoms with E-state index in [4.69, 9.17) is 0 Å². The third kappa shape index (κ3) is 2.40. The smallest absolute Gasteiger partial charge is 0.269 e. The van der Waals surface area contributed by atoms with Crippen LogP contribution in [0.15, 0.2) is 53.9 Å². The van der Waals surface area contributed by atoms with Crippen molar-refractivity contribution in [2.45, 2.75) is 10.5 Å². The molecule has 8 nitrogen and oxygen atoms in total. The molecule has 23 heavy (non-hydrogen) atoms. The van der Waals surface area contributed by atoms with Crippen LogP contribution in [0, 0.1) is 10.1 Å². The zero-order valence-corrected chi connectivity index (χ0v) is 12.5. The number of non-ortho nitro benzene ring substituents is 1. The summed E-state index contributed by atoms with van der Waals surface area (Å²) in [6.07, 6.45) is 3.43. The van der Waals surface area contributed by atoms with Crippen LogP contribution in [0.3, 0.4) is 0 Å². The summed E-state index contributed by atoms with van der Waals surface area (Å²) >= 11 is 1.51. The molecule has 0 amide bonds. The topological polar surface area (TPSA) is 98.8 Å². The van der Waals surface area contributed by atoms with Gasteiger partial charge in [0.15, 0.2) is 5.82 Å². The lowest BCUT2D eigenvalue weighted by Crippen LogP contribution is -2.13. The van der Waals surface area contributed by atoms with Crippen LogP contribution in [0.4, 0.5) is 5.69 Å². The minimum atomic E-state index is -0.408. The van der Waals surface area contributed by atoms with Crippen LogP contribution in [0.1, 0.15) is 10.9 Å².